The molecule has 4 rings (SSSR count). The fourth-order valence-corrected chi connectivity index (χ4v) is 5.01. The number of hydrogen-bond donors (Lipinski definition) is 1. The molecule has 0 saturated heterocycles. The number of ketones is 1. The van der Waals surface area contributed by atoms with Crippen molar-refractivity contribution in [3.8, 4) is 11.5 Å². The normalized spacial score (nSPS) is 20.2. The first kappa shape index (κ1) is 23.1. The Bertz CT molecular complexity index is 1170. The van der Waals surface area contributed by atoms with Crippen LogP contribution in [0.1, 0.15) is 42.7 Å². The van der Waals surface area contributed by atoms with Crippen LogP contribution < -0.4 is 14.8 Å². The highest BCUT2D eigenvalue weighted by Crippen LogP contribution is 2.46. The molecule has 33 heavy (non-hydrogen) atoms. The number of ether oxygens (including phenoxy) is 3. The zero-order valence-corrected chi connectivity index (χ0v) is 20.6. The molecule has 172 valence electrons. The van der Waals surface area contributed by atoms with Crippen molar-refractivity contribution in [2.45, 2.75) is 31.6 Å². The Labute approximate surface area is 201 Å². The van der Waals surface area contributed by atoms with Gasteiger partial charge in [0.25, 0.3) is 0 Å². The van der Waals surface area contributed by atoms with E-state index in [1.54, 1.807) is 14.2 Å². The number of dihydropyridines is 1. The molecule has 0 bridgehead atoms. The minimum absolute atomic E-state index is 0.0124. The van der Waals surface area contributed by atoms with Crippen LogP contribution in [0, 0.1) is 0 Å². The van der Waals surface area contributed by atoms with E-state index in [2.05, 4.69) is 21.2 Å². The second-order valence-electron chi connectivity index (χ2n) is 8.17. The summed E-state index contributed by atoms with van der Waals surface area (Å²) in [5.74, 6) is 0.383. The molecule has 1 aliphatic carbocycles. The van der Waals surface area contributed by atoms with Gasteiger partial charge in [-0.2, -0.15) is 0 Å². The first-order valence-electron chi connectivity index (χ1n) is 10.7. The van der Waals surface area contributed by atoms with Gasteiger partial charge >= 0.3 is 5.97 Å². The Kier molecular flexibility index (Phi) is 6.61. The summed E-state index contributed by atoms with van der Waals surface area (Å²) in [4.78, 5) is 26.3. The number of rotatable bonds is 5. The Morgan fingerprint density at radius 1 is 0.970 bits per heavy atom. The summed E-state index contributed by atoms with van der Waals surface area (Å²) in [6, 6.07) is 13.5. The van der Waals surface area contributed by atoms with E-state index in [1.807, 2.05) is 49.4 Å². The summed E-state index contributed by atoms with van der Waals surface area (Å²) < 4.78 is 16.8. The predicted octanol–water partition coefficient (Wildman–Crippen LogP) is 5.00. The van der Waals surface area contributed by atoms with Gasteiger partial charge in [-0.1, -0.05) is 34.1 Å². The summed E-state index contributed by atoms with van der Waals surface area (Å²) in [5.41, 5.74) is 4.55. The molecular weight excluding hydrogens is 486 g/mol. The minimum Gasteiger partial charge on any atom is -0.493 e. The Hall–Kier alpha value is -3.06. The van der Waals surface area contributed by atoms with Crippen LogP contribution in [0.5, 0.6) is 11.5 Å². The second kappa shape index (κ2) is 9.43. The fraction of sp³-hybridized carbons (Fsp3) is 0.308. The van der Waals surface area contributed by atoms with Gasteiger partial charge in [0.1, 0.15) is 0 Å². The van der Waals surface area contributed by atoms with Crippen LogP contribution in [0.4, 0.5) is 0 Å². The molecule has 0 saturated carbocycles. The number of benzene rings is 2. The van der Waals surface area contributed by atoms with Gasteiger partial charge in [0.15, 0.2) is 17.3 Å². The van der Waals surface area contributed by atoms with Crippen molar-refractivity contribution in [2.75, 3.05) is 21.3 Å². The monoisotopic (exact) mass is 511 g/mol. The number of nitrogens with one attached hydrogen (secondary N) is 1. The maximum atomic E-state index is 13.6. The van der Waals surface area contributed by atoms with E-state index in [4.69, 9.17) is 14.2 Å². The zero-order chi connectivity index (χ0) is 23.7. The number of halogens is 1. The van der Waals surface area contributed by atoms with Crippen molar-refractivity contribution in [2.24, 2.45) is 0 Å². The summed E-state index contributed by atoms with van der Waals surface area (Å²) in [6.45, 7) is 1.85. The van der Waals surface area contributed by atoms with Crippen molar-refractivity contribution in [3.63, 3.8) is 0 Å². The maximum Gasteiger partial charge on any atom is 0.336 e. The predicted molar refractivity (Wildman–Crippen MR) is 128 cm³/mol. The highest BCUT2D eigenvalue weighted by Gasteiger charge is 2.41. The molecule has 0 fully saturated rings. The second-order valence-corrected chi connectivity index (χ2v) is 9.09. The van der Waals surface area contributed by atoms with Crippen LogP contribution in [-0.4, -0.2) is 33.1 Å². The molecule has 1 heterocycles. The average molecular weight is 512 g/mol. The molecule has 0 spiro atoms. The number of allylic oxidation sites excluding steroid dienone is 3. The van der Waals surface area contributed by atoms with Gasteiger partial charge in [-0.05, 0) is 54.7 Å². The van der Waals surface area contributed by atoms with Gasteiger partial charge in [-0.15, -0.1) is 0 Å². The van der Waals surface area contributed by atoms with E-state index in [-0.39, 0.29) is 11.7 Å². The third kappa shape index (κ3) is 4.29. The molecule has 2 unspecified atom stereocenters. The van der Waals surface area contributed by atoms with Crippen LogP contribution in [0.2, 0.25) is 0 Å². The average Bonchev–Trinajstić information content (AvgIpc) is 2.82. The molecule has 2 aromatic carbocycles. The molecule has 0 aromatic heterocycles. The number of hydrogen-bond acceptors (Lipinski definition) is 6. The van der Waals surface area contributed by atoms with Gasteiger partial charge < -0.3 is 19.5 Å². The molecular formula is C26H26BrNO5. The van der Waals surface area contributed by atoms with Gasteiger partial charge in [-0.3, -0.25) is 4.79 Å². The van der Waals surface area contributed by atoms with Gasteiger partial charge in [-0.25, -0.2) is 4.79 Å². The Morgan fingerprint density at radius 2 is 1.64 bits per heavy atom. The summed E-state index contributed by atoms with van der Waals surface area (Å²) in [7, 11) is 4.56. The third-order valence-corrected chi connectivity index (χ3v) is 6.84. The number of esters is 1. The number of carbonyl (C=O) groups is 2. The standard InChI is InChI=1S/C26H26BrNO5/c1-14-23(26(30)33-4)24(15-5-8-18(27)9-6-15)25-19(28-14)11-17(12-20(25)29)16-7-10-21(31-2)22(13-16)32-3/h5-10,13,17,24,28H,11-12H2,1-4H3. The Balaban J connectivity index is 1.77. The highest BCUT2D eigenvalue weighted by molar-refractivity contribution is 9.10. The van der Waals surface area contributed by atoms with Crippen molar-refractivity contribution >= 4 is 27.7 Å². The molecule has 1 aliphatic heterocycles. The van der Waals surface area contributed by atoms with E-state index in [9.17, 15) is 9.59 Å². The van der Waals surface area contributed by atoms with E-state index < -0.39 is 11.9 Å². The van der Waals surface area contributed by atoms with Gasteiger partial charge in [0.2, 0.25) is 0 Å². The van der Waals surface area contributed by atoms with Crippen LogP contribution >= 0.6 is 15.9 Å². The summed E-state index contributed by atoms with van der Waals surface area (Å²) in [5, 5.41) is 3.35. The maximum absolute atomic E-state index is 13.6. The quantitative estimate of drug-likeness (QED) is 0.569. The van der Waals surface area contributed by atoms with E-state index in [1.165, 1.54) is 7.11 Å². The molecule has 2 aliphatic rings. The summed E-state index contributed by atoms with van der Waals surface area (Å²) >= 11 is 3.46. The SMILES string of the molecule is COC(=O)C1=C(C)NC2=C(C(=O)CC(c3ccc(OC)c(OC)c3)C2)C1c1ccc(Br)cc1. The molecule has 2 aromatic rings. The molecule has 0 amide bonds. The molecule has 7 heteroatoms. The lowest BCUT2D eigenvalue weighted by Gasteiger charge is -2.36. The lowest BCUT2D eigenvalue weighted by Crippen LogP contribution is -2.36. The molecule has 2 atom stereocenters. The topological polar surface area (TPSA) is 73.9 Å². The minimum atomic E-state index is -0.472. The van der Waals surface area contributed by atoms with Crippen LogP contribution in [-0.2, 0) is 14.3 Å². The fourth-order valence-electron chi connectivity index (χ4n) is 4.75. The van der Waals surface area contributed by atoms with E-state index >= 15 is 0 Å². The van der Waals surface area contributed by atoms with Crippen molar-refractivity contribution < 1.29 is 23.8 Å². The van der Waals surface area contributed by atoms with Crippen molar-refractivity contribution in [1.29, 1.82) is 0 Å². The smallest absolute Gasteiger partial charge is 0.336 e. The first-order valence-corrected chi connectivity index (χ1v) is 11.5. The van der Waals surface area contributed by atoms with Crippen LogP contribution in [0.3, 0.4) is 0 Å². The van der Waals surface area contributed by atoms with Crippen LogP contribution in [0.15, 0.2) is 69.5 Å². The van der Waals surface area contributed by atoms with Gasteiger partial charge in [0, 0.05) is 33.8 Å². The third-order valence-electron chi connectivity index (χ3n) is 6.32. The first-order chi connectivity index (χ1) is 15.9. The molecule has 1 N–H and O–H groups in total. The molecule has 6 nitrogen and oxygen atoms in total. The zero-order valence-electron chi connectivity index (χ0n) is 19.0. The highest BCUT2D eigenvalue weighted by atomic mass is 79.9. The summed E-state index contributed by atoms with van der Waals surface area (Å²) in [6.07, 6.45) is 0.992. The largest absolute Gasteiger partial charge is 0.493 e. The van der Waals surface area contributed by atoms with E-state index in [0.717, 1.165) is 21.3 Å². The Morgan fingerprint density at radius 3 is 2.27 bits per heavy atom. The van der Waals surface area contributed by atoms with Crippen molar-refractivity contribution in [3.05, 3.63) is 80.6 Å². The van der Waals surface area contributed by atoms with Crippen LogP contribution in [0.25, 0.3) is 0 Å². The lowest BCUT2D eigenvalue weighted by atomic mass is 9.71. The van der Waals surface area contributed by atoms with Gasteiger partial charge in [0.05, 0.1) is 26.9 Å². The van der Waals surface area contributed by atoms with E-state index in [0.29, 0.717) is 41.2 Å². The molecule has 0 radical (unpaired) electrons. The van der Waals surface area contributed by atoms with Crippen molar-refractivity contribution in [1.82, 2.24) is 5.32 Å². The number of Topliss-reactive ketones (excluding diaryl/α,β-unsaturated/α-hetero) is 1. The number of carbonyl (C=O) groups excluding carboxylic acids is 2. The lowest BCUT2D eigenvalue weighted by molar-refractivity contribution is -0.136. The number of methoxy groups -OCH3 is 3.